The quantitative estimate of drug-likeness (QED) is 0.844. The Morgan fingerprint density at radius 2 is 1.95 bits per heavy atom. The third-order valence-electron chi connectivity index (χ3n) is 2.37. The van der Waals surface area contributed by atoms with E-state index in [1.165, 1.54) is 4.98 Å². The highest BCUT2D eigenvalue weighted by Gasteiger charge is 2.35. The van der Waals surface area contributed by atoms with Crippen LogP contribution in [-0.4, -0.2) is 21.0 Å². The summed E-state index contributed by atoms with van der Waals surface area (Å²) in [7, 11) is 0. The van der Waals surface area contributed by atoms with Gasteiger partial charge in [0.15, 0.2) is 0 Å². The molecule has 1 aromatic carbocycles. The molecule has 0 spiro atoms. The van der Waals surface area contributed by atoms with E-state index in [4.69, 9.17) is 28.3 Å². The van der Waals surface area contributed by atoms with Gasteiger partial charge in [-0.05, 0) is 6.07 Å². The monoisotopic (exact) mass is 326 g/mol. The molecule has 0 bridgehead atoms. The number of nitrogens with zero attached hydrogens (tertiary/aromatic N) is 1. The number of alkyl halides is 3. The highest BCUT2D eigenvalue weighted by Crippen LogP contribution is 2.33. The lowest BCUT2D eigenvalue weighted by molar-refractivity contribution is -0.144. The molecule has 0 aliphatic carbocycles. The zero-order valence-corrected chi connectivity index (χ0v) is 10.7. The second-order valence-electron chi connectivity index (χ2n) is 3.66. The fraction of sp³-hybridized carbons (Fsp3) is 0.100. The molecule has 0 saturated carbocycles. The summed E-state index contributed by atoms with van der Waals surface area (Å²) in [5.41, 5.74) is -2.32. The summed E-state index contributed by atoms with van der Waals surface area (Å²) >= 11 is 11.3. The van der Waals surface area contributed by atoms with Crippen molar-refractivity contribution in [1.29, 1.82) is 0 Å². The zero-order chi connectivity index (χ0) is 15.2. The molecule has 0 fully saturated rings. The van der Waals surface area contributed by atoms with Gasteiger partial charge in [-0.3, -0.25) is 4.79 Å². The van der Waals surface area contributed by atoms with Crippen molar-refractivity contribution in [2.45, 2.75) is 6.18 Å². The number of carbonyl (C=O) groups is 1. The molecule has 0 saturated heterocycles. The predicted molar refractivity (Wildman–Crippen MR) is 64.3 cm³/mol. The van der Waals surface area contributed by atoms with Gasteiger partial charge in [0.1, 0.15) is 0 Å². The van der Waals surface area contributed by atoms with Gasteiger partial charge >= 0.3 is 12.1 Å². The van der Waals surface area contributed by atoms with Crippen LogP contribution < -0.4 is 5.56 Å². The first kappa shape index (κ1) is 14.6. The standard InChI is InChI=1S/C10H3Cl2F3N2O3/c11-3-1-2-6(5(12)4(3)8(19)20)16-9(10(13,14)15)17-7(2)18/h1H,(H,19,20)(H,16,17,18). The number of halogens is 5. The van der Waals surface area contributed by atoms with E-state index in [1.54, 1.807) is 0 Å². The third kappa shape index (κ3) is 2.32. The number of nitrogens with one attached hydrogen (secondary N) is 1. The van der Waals surface area contributed by atoms with Crippen LogP contribution in [0, 0.1) is 0 Å². The normalized spacial score (nSPS) is 11.8. The van der Waals surface area contributed by atoms with Crippen molar-refractivity contribution in [1.82, 2.24) is 9.97 Å². The summed E-state index contributed by atoms with van der Waals surface area (Å²) in [4.78, 5) is 27.2. The summed E-state index contributed by atoms with van der Waals surface area (Å²) < 4.78 is 37.6. The number of aromatic amines is 1. The number of aromatic carboxylic acids is 1. The van der Waals surface area contributed by atoms with Gasteiger partial charge in [0.25, 0.3) is 5.56 Å². The topological polar surface area (TPSA) is 83.0 Å². The predicted octanol–water partition coefficient (Wildman–Crippen LogP) is 2.95. The largest absolute Gasteiger partial charge is 0.478 e. The van der Waals surface area contributed by atoms with Crippen LogP contribution in [-0.2, 0) is 6.18 Å². The first-order valence-corrected chi connectivity index (χ1v) is 5.61. The minimum atomic E-state index is -4.90. The molecule has 106 valence electrons. The van der Waals surface area contributed by atoms with Gasteiger partial charge in [-0.15, -0.1) is 0 Å². The van der Waals surface area contributed by atoms with Gasteiger partial charge in [-0.1, -0.05) is 23.2 Å². The molecule has 10 heteroatoms. The van der Waals surface area contributed by atoms with Crippen LogP contribution >= 0.6 is 23.2 Å². The highest BCUT2D eigenvalue weighted by atomic mass is 35.5. The minimum Gasteiger partial charge on any atom is -0.478 e. The number of aromatic nitrogens is 2. The summed E-state index contributed by atoms with van der Waals surface area (Å²) in [6.45, 7) is 0. The van der Waals surface area contributed by atoms with Crippen LogP contribution in [0.4, 0.5) is 13.2 Å². The number of carboxylic acids is 1. The summed E-state index contributed by atoms with van der Waals surface area (Å²) in [6.07, 6.45) is -4.90. The van der Waals surface area contributed by atoms with E-state index in [1.807, 2.05) is 0 Å². The van der Waals surface area contributed by atoms with Crippen LogP contribution in [0.3, 0.4) is 0 Å². The lowest BCUT2D eigenvalue weighted by Gasteiger charge is -2.09. The molecule has 0 radical (unpaired) electrons. The second-order valence-corrected chi connectivity index (χ2v) is 4.45. The minimum absolute atomic E-state index is 0.335. The smallest absolute Gasteiger partial charge is 0.449 e. The first-order valence-electron chi connectivity index (χ1n) is 4.85. The van der Waals surface area contributed by atoms with E-state index in [0.717, 1.165) is 6.07 Å². The fourth-order valence-electron chi connectivity index (χ4n) is 1.54. The molecule has 5 nitrogen and oxygen atoms in total. The number of H-pyrrole nitrogens is 1. The molecule has 1 aromatic heterocycles. The maximum Gasteiger partial charge on any atom is 0.449 e. The SMILES string of the molecule is O=C(O)c1c(Cl)cc2c(=O)[nH]c(C(F)(F)F)nc2c1Cl. The average Bonchev–Trinajstić information content (AvgIpc) is 2.28. The summed E-state index contributed by atoms with van der Waals surface area (Å²) in [5, 5.41) is 7.56. The Labute approximate surface area is 118 Å². The lowest BCUT2D eigenvalue weighted by Crippen LogP contribution is -2.19. The number of hydrogen-bond donors (Lipinski definition) is 2. The van der Waals surface area contributed by atoms with E-state index in [0.29, 0.717) is 0 Å². The van der Waals surface area contributed by atoms with Gasteiger partial charge in [0.05, 0.1) is 26.5 Å². The molecule has 0 amide bonds. The molecule has 0 aliphatic rings. The Kier molecular flexibility index (Phi) is 3.39. The van der Waals surface area contributed by atoms with E-state index >= 15 is 0 Å². The van der Waals surface area contributed by atoms with Crippen molar-refractivity contribution in [3.8, 4) is 0 Å². The Balaban J connectivity index is 2.96. The van der Waals surface area contributed by atoms with Crippen LogP contribution in [0.2, 0.25) is 10.0 Å². The highest BCUT2D eigenvalue weighted by molar-refractivity contribution is 6.42. The van der Waals surface area contributed by atoms with Crippen LogP contribution in [0.25, 0.3) is 10.9 Å². The van der Waals surface area contributed by atoms with Crippen molar-refractivity contribution >= 4 is 40.1 Å². The van der Waals surface area contributed by atoms with Crippen molar-refractivity contribution in [2.75, 3.05) is 0 Å². The van der Waals surface area contributed by atoms with Crippen LogP contribution in [0.5, 0.6) is 0 Å². The van der Waals surface area contributed by atoms with Crippen LogP contribution in [0.15, 0.2) is 10.9 Å². The maximum absolute atomic E-state index is 12.5. The van der Waals surface area contributed by atoms with Crippen molar-refractivity contribution in [3.63, 3.8) is 0 Å². The Morgan fingerprint density at radius 1 is 1.35 bits per heavy atom. The molecule has 0 aliphatic heterocycles. The Hall–Kier alpha value is -1.80. The van der Waals surface area contributed by atoms with E-state index in [2.05, 4.69) is 4.98 Å². The number of hydrogen-bond acceptors (Lipinski definition) is 3. The van der Waals surface area contributed by atoms with Crippen molar-refractivity contribution in [3.05, 3.63) is 37.9 Å². The van der Waals surface area contributed by atoms with Gasteiger partial charge < -0.3 is 10.1 Å². The van der Waals surface area contributed by atoms with Gasteiger partial charge in [-0.25, -0.2) is 9.78 Å². The lowest BCUT2D eigenvalue weighted by atomic mass is 10.1. The average molecular weight is 327 g/mol. The molecule has 20 heavy (non-hydrogen) atoms. The van der Waals surface area contributed by atoms with Crippen molar-refractivity contribution in [2.24, 2.45) is 0 Å². The zero-order valence-electron chi connectivity index (χ0n) is 9.18. The molecule has 2 aromatic rings. The second kappa shape index (κ2) is 4.64. The number of rotatable bonds is 1. The Bertz CT molecular complexity index is 786. The molecular formula is C10H3Cl2F3N2O3. The van der Waals surface area contributed by atoms with Gasteiger partial charge in [0.2, 0.25) is 5.82 Å². The molecule has 2 rings (SSSR count). The first-order chi connectivity index (χ1) is 9.12. The number of benzene rings is 1. The maximum atomic E-state index is 12.5. The molecular weight excluding hydrogens is 324 g/mol. The third-order valence-corrected chi connectivity index (χ3v) is 3.04. The van der Waals surface area contributed by atoms with E-state index in [9.17, 15) is 22.8 Å². The molecule has 0 unspecified atom stereocenters. The van der Waals surface area contributed by atoms with E-state index < -0.39 is 39.6 Å². The van der Waals surface area contributed by atoms with E-state index in [-0.39, 0.29) is 10.4 Å². The molecule has 2 N–H and O–H groups in total. The van der Waals surface area contributed by atoms with Gasteiger partial charge in [-0.2, -0.15) is 13.2 Å². The van der Waals surface area contributed by atoms with Crippen molar-refractivity contribution < 1.29 is 23.1 Å². The number of fused-ring (bicyclic) bond motifs is 1. The molecule has 0 atom stereocenters. The molecule has 1 heterocycles. The fourth-order valence-corrected chi connectivity index (χ4v) is 2.20. The summed E-state index contributed by atoms with van der Waals surface area (Å²) in [6, 6.07) is 0.901. The summed E-state index contributed by atoms with van der Waals surface area (Å²) in [5.74, 6) is -3.12. The Morgan fingerprint density at radius 3 is 2.45 bits per heavy atom. The van der Waals surface area contributed by atoms with Crippen LogP contribution in [0.1, 0.15) is 16.2 Å². The van der Waals surface area contributed by atoms with Gasteiger partial charge in [0, 0.05) is 0 Å². The number of carboxylic acid groups (broad SMARTS) is 1.